The fourth-order valence-corrected chi connectivity index (χ4v) is 5.06. The van der Waals surface area contributed by atoms with E-state index < -0.39 is 10.0 Å². The summed E-state index contributed by atoms with van der Waals surface area (Å²) in [5, 5.41) is 1.75. The summed E-state index contributed by atoms with van der Waals surface area (Å²) in [6.07, 6.45) is 0. The van der Waals surface area contributed by atoms with Gasteiger partial charge < -0.3 is 4.74 Å². The van der Waals surface area contributed by atoms with Crippen molar-refractivity contribution in [3.05, 3.63) is 91.0 Å². The van der Waals surface area contributed by atoms with E-state index in [1.807, 2.05) is 66.7 Å². The van der Waals surface area contributed by atoms with Gasteiger partial charge in [0.05, 0.1) is 17.7 Å². The van der Waals surface area contributed by atoms with Crippen LogP contribution in [0, 0.1) is 0 Å². The standard InChI is InChI=1S/C23H19NO3S2/c1-27-19-13-11-18-16-21(14-12-17(18)15-19)29(25,26)24-22-9-5-6-10-23(22)28-20-7-3-2-4-8-20/h2-16,24H,1H3. The number of anilines is 1. The molecule has 0 heterocycles. The summed E-state index contributed by atoms with van der Waals surface area (Å²) in [7, 11) is -2.12. The number of hydrogen-bond acceptors (Lipinski definition) is 4. The maximum absolute atomic E-state index is 13.0. The monoisotopic (exact) mass is 421 g/mol. The van der Waals surface area contributed by atoms with Gasteiger partial charge in [0.25, 0.3) is 10.0 Å². The Labute approximate surface area is 174 Å². The fraction of sp³-hybridized carbons (Fsp3) is 0.0435. The van der Waals surface area contributed by atoms with E-state index in [9.17, 15) is 8.42 Å². The van der Waals surface area contributed by atoms with E-state index in [0.717, 1.165) is 26.3 Å². The maximum Gasteiger partial charge on any atom is 0.261 e. The molecule has 0 unspecified atom stereocenters. The Hall–Kier alpha value is -2.96. The molecular formula is C23H19NO3S2. The number of fused-ring (bicyclic) bond motifs is 1. The minimum atomic E-state index is -3.73. The lowest BCUT2D eigenvalue weighted by atomic mass is 10.1. The normalized spacial score (nSPS) is 11.3. The molecule has 0 saturated heterocycles. The molecule has 6 heteroatoms. The molecule has 4 nitrogen and oxygen atoms in total. The van der Waals surface area contributed by atoms with Gasteiger partial charge in [-0.1, -0.05) is 54.2 Å². The predicted molar refractivity (Wildman–Crippen MR) is 118 cm³/mol. The fourth-order valence-electron chi connectivity index (χ4n) is 2.96. The Kier molecular flexibility index (Phi) is 5.47. The number of nitrogens with one attached hydrogen (secondary N) is 1. The number of para-hydroxylation sites is 1. The zero-order chi connectivity index (χ0) is 20.3. The first-order valence-corrected chi connectivity index (χ1v) is 11.3. The molecule has 0 aliphatic rings. The second-order valence-corrected chi connectivity index (χ2v) is 9.19. The highest BCUT2D eigenvalue weighted by molar-refractivity contribution is 7.99. The molecule has 4 aromatic carbocycles. The highest BCUT2D eigenvalue weighted by Gasteiger charge is 2.17. The van der Waals surface area contributed by atoms with Gasteiger partial charge in [-0.2, -0.15) is 0 Å². The number of benzene rings is 4. The summed E-state index contributed by atoms with van der Waals surface area (Å²) in [4.78, 5) is 2.10. The summed E-state index contributed by atoms with van der Waals surface area (Å²) in [5.74, 6) is 0.734. The number of rotatable bonds is 6. The molecule has 0 atom stereocenters. The first-order chi connectivity index (χ1) is 14.0. The first-order valence-electron chi connectivity index (χ1n) is 8.98. The van der Waals surface area contributed by atoms with Crippen molar-refractivity contribution in [2.24, 2.45) is 0 Å². The molecule has 0 fully saturated rings. The van der Waals surface area contributed by atoms with Crippen LogP contribution in [0.1, 0.15) is 0 Å². The number of ether oxygens (including phenoxy) is 1. The van der Waals surface area contributed by atoms with Crippen molar-refractivity contribution in [3.8, 4) is 5.75 Å². The first kappa shape index (κ1) is 19.4. The molecule has 29 heavy (non-hydrogen) atoms. The van der Waals surface area contributed by atoms with Gasteiger partial charge in [0, 0.05) is 9.79 Å². The largest absolute Gasteiger partial charge is 0.497 e. The minimum absolute atomic E-state index is 0.217. The van der Waals surface area contributed by atoms with Crippen LogP contribution in [-0.2, 0) is 10.0 Å². The summed E-state index contributed by atoms with van der Waals surface area (Å²) in [5.41, 5.74) is 0.552. The molecule has 0 aromatic heterocycles. The van der Waals surface area contributed by atoms with Gasteiger partial charge in [0.2, 0.25) is 0 Å². The summed E-state index contributed by atoms with van der Waals surface area (Å²) in [6.45, 7) is 0. The van der Waals surface area contributed by atoms with E-state index in [-0.39, 0.29) is 4.90 Å². The van der Waals surface area contributed by atoms with Gasteiger partial charge in [-0.25, -0.2) is 8.42 Å². The second-order valence-electron chi connectivity index (χ2n) is 6.39. The van der Waals surface area contributed by atoms with Crippen LogP contribution in [0.15, 0.2) is 106 Å². The molecule has 0 aliphatic carbocycles. The van der Waals surface area contributed by atoms with Crippen LogP contribution in [0.25, 0.3) is 10.8 Å². The third-order valence-electron chi connectivity index (χ3n) is 4.43. The average molecular weight is 422 g/mol. The lowest BCUT2D eigenvalue weighted by Gasteiger charge is -2.13. The Morgan fingerprint density at radius 2 is 1.48 bits per heavy atom. The van der Waals surface area contributed by atoms with Crippen molar-refractivity contribution in [3.63, 3.8) is 0 Å². The van der Waals surface area contributed by atoms with Crippen molar-refractivity contribution in [2.45, 2.75) is 14.7 Å². The van der Waals surface area contributed by atoms with Crippen molar-refractivity contribution >= 4 is 38.2 Å². The smallest absolute Gasteiger partial charge is 0.261 e. The summed E-state index contributed by atoms with van der Waals surface area (Å²) < 4.78 is 34.0. The Bertz CT molecular complexity index is 1260. The van der Waals surface area contributed by atoms with Crippen LogP contribution in [-0.4, -0.2) is 15.5 Å². The summed E-state index contributed by atoms with van der Waals surface area (Å²) >= 11 is 1.52. The van der Waals surface area contributed by atoms with Crippen LogP contribution in [0.5, 0.6) is 5.75 Å². The quantitative estimate of drug-likeness (QED) is 0.427. The number of sulfonamides is 1. The zero-order valence-corrected chi connectivity index (χ0v) is 17.3. The van der Waals surface area contributed by atoms with E-state index in [0.29, 0.717) is 5.69 Å². The Balaban J connectivity index is 1.65. The lowest BCUT2D eigenvalue weighted by molar-refractivity contribution is 0.415. The van der Waals surface area contributed by atoms with Crippen LogP contribution < -0.4 is 9.46 Å². The van der Waals surface area contributed by atoms with Crippen LogP contribution in [0.4, 0.5) is 5.69 Å². The molecule has 146 valence electrons. The molecule has 0 saturated carbocycles. The summed E-state index contributed by atoms with van der Waals surface area (Å²) in [6, 6.07) is 27.9. The molecule has 0 aliphatic heterocycles. The topological polar surface area (TPSA) is 55.4 Å². The van der Waals surface area contributed by atoms with Crippen molar-refractivity contribution in [2.75, 3.05) is 11.8 Å². The zero-order valence-electron chi connectivity index (χ0n) is 15.7. The van der Waals surface area contributed by atoms with Crippen LogP contribution >= 0.6 is 11.8 Å². The third kappa shape index (κ3) is 4.39. The van der Waals surface area contributed by atoms with E-state index in [1.165, 1.54) is 11.8 Å². The number of methoxy groups -OCH3 is 1. The molecule has 4 aromatic rings. The van der Waals surface area contributed by atoms with Crippen molar-refractivity contribution in [1.29, 1.82) is 0 Å². The van der Waals surface area contributed by atoms with Gasteiger partial charge >= 0.3 is 0 Å². The van der Waals surface area contributed by atoms with Gasteiger partial charge in [-0.05, 0) is 59.3 Å². The van der Waals surface area contributed by atoms with Crippen LogP contribution in [0.3, 0.4) is 0 Å². The number of hydrogen-bond donors (Lipinski definition) is 1. The van der Waals surface area contributed by atoms with E-state index in [2.05, 4.69) is 4.72 Å². The van der Waals surface area contributed by atoms with Crippen LogP contribution in [0.2, 0.25) is 0 Å². The lowest BCUT2D eigenvalue weighted by Crippen LogP contribution is -2.13. The molecule has 0 spiro atoms. The van der Waals surface area contributed by atoms with E-state index in [4.69, 9.17) is 4.74 Å². The van der Waals surface area contributed by atoms with Crippen molar-refractivity contribution in [1.82, 2.24) is 0 Å². The van der Waals surface area contributed by atoms with E-state index in [1.54, 1.807) is 31.4 Å². The molecule has 0 radical (unpaired) electrons. The maximum atomic E-state index is 13.0. The predicted octanol–water partition coefficient (Wildman–Crippen LogP) is 5.80. The molecule has 0 amide bonds. The van der Waals surface area contributed by atoms with Crippen molar-refractivity contribution < 1.29 is 13.2 Å². The Morgan fingerprint density at radius 1 is 0.793 bits per heavy atom. The highest BCUT2D eigenvalue weighted by Crippen LogP contribution is 2.34. The molecule has 0 bridgehead atoms. The van der Waals surface area contributed by atoms with Gasteiger partial charge in [0.15, 0.2) is 0 Å². The van der Waals surface area contributed by atoms with Gasteiger partial charge in [0.1, 0.15) is 5.75 Å². The van der Waals surface area contributed by atoms with Gasteiger partial charge in [-0.15, -0.1) is 0 Å². The molecular weight excluding hydrogens is 402 g/mol. The second kappa shape index (κ2) is 8.19. The minimum Gasteiger partial charge on any atom is -0.497 e. The highest BCUT2D eigenvalue weighted by atomic mass is 32.2. The average Bonchev–Trinajstić information content (AvgIpc) is 2.75. The Morgan fingerprint density at radius 3 is 2.28 bits per heavy atom. The SMILES string of the molecule is COc1ccc2cc(S(=O)(=O)Nc3ccccc3Sc3ccccc3)ccc2c1. The molecule has 4 rings (SSSR count). The van der Waals surface area contributed by atoms with Gasteiger partial charge in [-0.3, -0.25) is 4.72 Å². The molecule has 1 N–H and O–H groups in total. The van der Waals surface area contributed by atoms with E-state index >= 15 is 0 Å². The third-order valence-corrected chi connectivity index (χ3v) is 6.88.